The predicted molar refractivity (Wildman–Crippen MR) is 92.6 cm³/mol. The third kappa shape index (κ3) is 5.67. The lowest BCUT2D eigenvalue weighted by Crippen LogP contribution is -2.28. The van der Waals surface area contributed by atoms with Crippen molar-refractivity contribution in [2.75, 3.05) is 11.9 Å². The van der Waals surface area contributed by atoms with Gasteiger partial charge in [-0.25, -0.2) is 0 Å². The maximum absolute atomic E-state index is 12.8. The van der Waals surface area contributed by atoms with Gasteiger partial charge in [-0.2, -0.15) is 13.2 Å². The maximum Gasteiger partial charge on any atom is 0.417 e. The summed E-state index contributed by atoms with van der Waals surface area (Å²) in [5, 5.41) is 5.30. The van der Waals surface area contributed by atoms with Gasteiger partial charge in [-0.3, -0.25) is 4.79 Å². The normalized spacial score (nSPS) is 12.5. The Bertz CT molecular complexity index is 720. The summed E-state index contributed by atoms with van der Waals surface area (Å²) in [7, 11) is 0. The van der Waals surface area contributed by atoms with Gasteiger partial charge in [0, 0.05) is 18.7 Å². The number of nitrogens with one attached hydrogen (secondary N) is 2. The highest BCUT2D eigenvalue weighted by Gasteiger charge is 2.33. The van der Waals surface area contributed by atoms with Crippen LogP contribution in [0.1, 0.15) is 30.5 Å². The van der Waals surface area contributed by atoms with Crippen LogP contribution >= 0.6 is 11.6 Å². The van der Waals surface area contributed by atoms with Gasteiger partial charge < -0.3 is 10.6 Å². The van der Waals surface area contributed by atoms with E-state index in [0.717, 1.165) is 11.6 Å². The van der Waals surface area contributed by atoms with Crippen LogP contribution in [0.5, 0.6) is 0 Å². The van der Waals surface area contributed by atoms with E-state index in [1.54, 1.807) is 0 Å². The van der Waals surface area contributed by atoms with E-state index in [1.807, 2.05) is 37.3 Å². The highest BCUT2D eigenvalue weighted by Crippen LogP contribution is 2.36. The Labute approximate surface area is 149 Å². The van der Waals surface area contributed by atoms with Crippen LogP contribution in [0.3, 0.4) is 0 Å². The summed E-state index contributed by atoms with van der Waals surface area (Å²) in [6, 6.07) is 12.9. The topological polar surface area (TPSA) is 41.1 Å². The van der Waals surface area contributed by atoms with E-state index in [0.29, 0.717) is 0 Å². The molecule has 0 saturated carbocycles. The predicted octanol–water partition coefficient (Wildman–Crippen LogP) is 5.04. The average molecular weight is 371 g/mol. The Kier molecular flexibility index (Phi) is 6.31. The Morgan fingerprint density at radius 2 is 1.84 bits per heavy atom. The summed E-state index contributed by atoms with van der Waals surface area (Å²) in [6.07, 6.45) is -4.38. The molecule has 1 unspecified atom stereocenters. The monoisotopic (exact) mass is 370 g/mol. The molecule has 7 heteroatoms. The zero-order valence-electron chi connectivity index (χ0n) is 13.5. The molecule has 0 aromatic heterocycles. The molecule has 2 N–H and O–H groups in total. The van der Waals surface area contributed by atoms with Gasteiger partial charge in [-0.1, -0.05) is 41.9 Å². The first-order chi connectivity index (χ1) is 11.8. The number of amides is 1. The number of halogens is 4. The Morgan fingerprint density at radius 3 is 2.48 bits per heavy atom. The summed E-state index contributed by atoms with van der Waals surface area (Å²) in [4.78, 5) is 11.9. The minimum absolute atomic E-state index is 0.138. The van der Waals surface area contributed by atoms with Crippen molar-refractivity contribution in [1.29, 1.82) is 0 Å². The molecule has 1 atom stereocenters. The second-order valence-electron chi connectivity index (χ2n) is 5.57. The molecule has 0 radical (unpaired) electrons. The second kappa shape index (κ2) is 8.25. The molecule has 0 spiro atoms. The minimum Gasteiger partial charge on any atom is -0.385 e. The molecule has 2 aromatic rings. The number of anilines is 1. The van der Waals surface area contributed by atoms with E-state index in [1.165, 1.54) is 12.1 Å². The van der Waals surface area contributed by atoms with Crippen molar-refractivity contribution in [3.63, 3.8) is 0 Å². The number of carbonyl (C=O) groups excluding carboxylic acids is 1. The van der Waals surface area contributed by atoms with Crippen molar-refractivity contribution in [2.24, 2.45) is 0 Å². The number of alkyl halides is 3. The fourth-order valence-corrected chi connectivity index (χ4v) is 2.54. The van der Waals surface area contributed by atoms with Gasteiger partial charge in [0.2, 0.25) is 5.91 Å². The first-order valence-electron chi connectivity index (χ1n) is 7.72. The largest absolute Gasteiger partial charge is 0.417 e. The summed E-state index contributed by atoms with van der Waals surface area (Å²) in [6.45, 7) is 2.09. The van der Waals surface area contributed by atoms with Crippen LogP contribution in [0.2, 0.25) is 5.02 Å². The van der Waals surface area contributed by atoms with Crippen LogP contribution in [0.25, 0.3) is 0 Å². The molecule has 134 valence electrons. The lowest BCUT2D eigenvalue weighted by molar-refractivity contribution is -0.137. The van der Waals surface area contributed by atoms with Gasteiger partial charge in [0.15, 0.2) is 0 Å². The molecule has 0 aliphatic heterocycles. The minimum atomic E-state index is -4.52. The number of hydrogen-bond donors (Lipinski definition) is 2. The van der Waals surface area contributed by atoms with E-state index in [-0.39, 0.29) is 35.6 Å². The van der Waals surface area contributed by atoms with Crippen LogP contribution < -0.4 is 10.6 Å². The van der Waals surface area contributed by atoms with Crippen molar-refractivity contribution < 1.29 is 18.0 Å². The van der Waals surface area contributed by atoms with Crippen molar-refractivity contribution in [2.45, 2.75) is 25.6 Å². The molecular weight excluding hydrogens is 353 g/mol. The average Bonchev–Trinajstić information content (AvgIpc) is 2.56. The standard InChI is InChI=1S/C18H18ClF3N2O/c1-12(13-5-3-2-4-6-13)24-17(25)9-10-23-14-7-8-16(19)15(11-14)18(20,21)22/h2-8,11-12,23H,9-10H2,1H3,(H,24,25). The number of carbonyl (C=O) groups is 1. The van der Waals surface area contributed by atoms with E-state index in [4.69, 9.17) is 11.6 Å². The van der Waals surface area contributed by atoms with Crippen LogP contribution in [0, 0.1) is 0 Å². The summed E-state index contributed by atoms with van der Waals surface area (Å²) >= 11 is 5.57. The van der Waals surface area contributed by atoms with Gasteiger partial charge >= 0.3 is 6.18 Å². The molecule has 25 heavy (non-hydrogen) atoms. The van der Waals surface area contributed by atoms with Crippen molar-refractivity contribution in [3.8, 4) is 0 Å². The highest BCUT2D eigenvalue weighted by molar-refractivity contribution is 6.31. The summed E-state index contributed by atoms with van der Waals surface area (Å²) < 4.78 is 38.4. The summed E-state index contributed by atoms with van der Waals surface area (Å²) in [5.41, 5.74) is 0.346. The SMILES string of the molecule is CC(NC(=O)CCNc1ccc(Cl)c(C(F)(F)F)c1)c1ccccc1. The third-order valence-electron chi connectivity index (χ3n) is 3.63. The van der Waals surface area contributed by atoms with Crippen molar-refractivity contribution in [1.82, 2.24) is 5.32 Å². The molecule has 1 amide bonds. The van der Waals surface area contributed by atoms with Gasteiger partial charge in [-0.05, 0) is 30.7 Å². The van der Waals surface area contributed by atoms with E-state index < -0.39 is 11.7 Å². The zero-order valence-corrected chi connectivity index (χ0v) is 14.3. The van der Waals surface area contributed by atoms with Gasteiger partial charge in [0.25, 0.3) is 0 Å². The lowest BCUT2D eigenvalue weighted by atomic mass is 10.1. The van der Waals surface area contributed by atoms with Gasteiger partial charge in [0.05, 0.1) is 16.6 Å². The molecule has 2 rings (SSSR count). The first-order valence-corrected chi connectivity index (χ1v) is 8.10. The number of benzene rings is 2. The van der Waals surface area contributed by atoms with Crippen molar-refractivity contribution in [3.05, 3.63) is 64.7 Å². The third-order valence-corrected chi connectivity index (χ3v) is 3.96. The molecule has 0 bridgehead atoms. The molecule has 0 aliphatic rings. The van der Waals surface area contributed by atoms with Crippen LogP contribution in [0.15, 0.2) is 48.5 Å². The highest BCUT2D eigenvalue weighted by atomic mass is 35.5. The fraction of sp³-hybridized carbons (Fsp3) is 0.278. The second-order valence-corrected chi connectivity index (χ2v) is 5.98. The van der Waals surface area contributed by atoms with Gasteiger partial charge in [0.1, 0.15) is 0 Å². The number of hydrogen-bond acceptors (Lipinski definition) is 2. The van der Waals surface area contributed by atoms with E-state index >= 15 is 0 Å². The molecular formula is C18H18ClF3N2O. The summed E-state index contributed by atoms with van der Waals surface area (Å²) in [5.74, 6) is -0.186. The molecule has 3 nitrogen and oxygen atoms in total. The Morgan fingerprint density at radius 1 is 1.16 bits per heavy atom. The van der Waals surface area contributed by atoms with E-state index in [2.05, 4.69) is 10.6 Å². The molecule has 0 fully saturated rings. The lowest BCUT2D eigenvalue weighted by Gasteiger charge is -2.15. The zero-order chi connectivity index (χ0) is 18.4. The molecule has 2 aromatic carbocycles. The molecule has 0 aliphatic carbocycles. The van der Waals surface area contributed by atoms with E-state index in [9.17, 15) is 18.0 Å². The van der Waals surface area contributed by atoms with Gasteiger partial charge in [-0.15, -0.1) is 0 Å². The fourth-order valence-electron chi connectivity index (χ4n) is 2.31. The molecule has 0 heterocycles. The van der Waals surface area contributed by atoms with Crippen LogP contribution in [0.4, 0.5) is 18.9 Å². The maximum atomic E-state index is 12.8. The number of rotatable bonds is 6. The van der Waals surface area contributed by atoms with Crippen LogP contribution in [-0.2, 0) is 11.0 Å². The first kappa shape index (κ1) is 19.1. The van der Waals surface area contributed by atoms with Crippen LogP contribution in [-0.4, -0.2) is 12.5 Å². The van der Waals surface area contributed by atoms with Crippen molar-refractivity contribution >= 4 is 23.2 Å². The Balaban J connectivity index is 1.85. The Hall–Kier alpha value is -2.21. The smallest absolute Gasteiger partial charge is 0.385 e. The molecule has 0 saturated heterocycles. The quantitative estimate of drug-likeness (QED) is 0.748.